The third kappa shape index (κ3) is 2.97. The van der Waals surface area contributed by atoms with Crippen molar-refractivity contribution in [2.45, 2.75) is 19.5 Å². The number of hydrogen-bond donors (Lipinski definition) is 1. The highest BCUT2D eigenvalue weighted by molar-refractivity contribution is 6.31. The molecule has 1 fully saturated rings. The Hall–Kier alpha value is -3.42. The summed E-state index contributed by atoms with van der Waals surface area (Å²) >= 11 is 6.11. The molecule has 3 aromatic heterocycles. The topological polar surface area (TPSA) is 103 Å². The second kappa shape index (κ2) is 7.08. The van der Waals surface area contributed by atoms with E-state index < -0.39 is 18.2 Å². The average molecular weight is 442 g/mol. The summed E-state index contributed by atoms with van der Waals surface area (Å²) in [6, 6.07) is 7.07. The zero-order valence-corrected chi connectivity index (χ0v) is 16.8. The minimum Gasteiger partial charge on any atom is -0.389 e. The van der Waals surface area contributed by atoms with Crippen LogP contribution in [0.1, 0.15) is 23.4 Å². The van der Waals surface area contributed by atoms with Gasteiger partial charge in [-0.05, 0) is 19.1 Å². The van der Waals surface area contributed by atoms with Crippen molar-refractivity contribution >= 4 is 33.8 Å². The molecule has 0 saturated carbocycles. The number of aliphatic hydroxyl groups excluding tert-OH is 1. The van der Waals surface area contributed by atoms with E-state index in [1.807, 2.05) is 0 Å². The van der Waals surface area contributed by atoms with Crippen molar-refractivity contribution in [3.63, 3.8) is 0 Å². The Labute approximate surface area is 179 Å². The molecule has 0 atom stereocenters. The summed E-state index contributed by atoms with van der Waals surface area (Å²) in [7, 11) is 0. The van der Waals surface area contributed by atoms with Gasteiger partial charge in [-0.15, -0.1) is 5.10 Å². The maximum absolute atomic E-state index is 13.6. The number of aliphatic hydroxyl groups is 1. The van der Waals surface area contributed by atoms with Crippen molar-refractivity contribution in [1.29, 1.82) is 5.26 Å². The Balaban J connectivity index is 1.89. The molecule has 4 heterocycles. The standard InChI is InChI=1S/C20H14ClF2N7O/c1-9-15(16-13-3-2-11(21)4-10(13)6-25-27-16)20(29-7-12(31)8-29)30-19(26-9)14(5-24)17(28-30)18(22)23/h2-4,6,12,18,31H,7-8H2,1H3. The molecule has 1 N–H and O–H groups in total. The van der Waals surface area contributed by atoms with Gasteiger partial charge in [-0.1, -0.05) is 17.7 Å². The molecule has 156 valence electrons. The molecular formula is C20H14ClF2N7O. The lowest BCUT2D eigenvalue weighted by molar-refractivity contribution is 0.140. The Morgan fingerprint density at radius 2 is 2.10 bits per heavy atom. The molecule has 0 unspecified atom stereocenters. The van der Waals surface area contributed by atoms with Gasteiger partial charge in [0.05, 0.1) is 23.6 Å². The lowest BCUT2D eigenvalue weighted by Gasteiger charge is -2.38. The molecule has 31 heavy (non-hydrogen) atoms. The third-order valence-electron chi connectivity index (χ3n) is 5.29. The van der Waals surface area contributed by atoms with E-state index in [4.69, 9.17) is 11.6 Å². The van der Waals surface area contributed by atoms with Gasteiger partial charge >= 0.3 is 0 Å². The summed E-state index contributed by atoms with van der Waals surface area (Å²) in [4.78, 5) is 6.23. The van der Waals surface area contributed by atoms with Crippen molar-refractivity contribution < 1.29 is 13.9 Å². The molecule has 1 aliphatic rings. The first-order valence-electron chi connectivity index (χ1n) is 9.35. The molecule has 8 nitrogen and oxygen atoms in total. The first kappa shape index (κ1) is 19.5. The Kier molecular flexibility index (Phi) is 4.46. The van der Waals surface area contributed by atoms with E-state index in [0.29, 0.717) is 27.8 Å². The van der Waals surface area contributed by atoms with Gasteiger partial charge in [0.1, 0.15) is 28.8 Å². The van der Waals surface area contributed by atoms with E-state index in [9.17, 15) is 19.1 Å². The minimum atomic E-state index is -2.94. The van der Waals surface area contributed by atoms with Crippen molar-refractivity contribution in [3.8, 4) is 17.3 Å². The fourth-order valence-corrected chi connectivity index (χ4v) is 4.04. The predicted octanol–water partition coefficient (Wildman–Crippen LogP) is 3.29. The van der Waals surface area contributed by atoms with Gasteiger partial charge in [-0.25, -0.2) is 13.8 Å². The van der Waals surface area contributed by atoms with Crippen LogP contribution in [0.4, 0.5) is 14.6 Å². The number of β-amino-alcohol motifs (C(OH)–C–C–N with tert-alkyl or cyclic N) is 1. The van der Waals surface area contributed by atoms with Crippen molar-refractivity contribution in [1.82, 2.24) is 24.8 Å². The molecule has 0 aliphatic carbocycles. The van der Waals surface area contributed by atoms with Gasteiger partial charge < -0.3 is 10.0 Å². The highest BCUT2D eigenvalue weighted by atomic mass is 35.5. The number of alkyl halides is 2. The van der Waals surface area contributed by atoms with Gasteiger partial charge in [0.25, 0.3) is 6.43 Å². The molecule has 0 amide bonds. The molecular weight excluding hydrogens is 428 g/mol. The normalized spacial score (nSPS) is 14.4. The smallest absolute Gasteiger partial charge is 0.283 e. The number of anilines is 1. The van der Waals surface area contributed by atoms with E-state index in [1.165, 1.54) is 4.52 Å². The number of nitrogens with zero attached hydrogens (tertiary/aromatic N) is 7. The molecule has 11 heteroatoms. The van der Waals surface area contributed by atoms with Crippen LogP contribution >= 0.6 is 11.6 Å². The van der Waals surface area contributed by atoms with E-state index in [0.717, 1.165) is 10.8 Å². The van der Waals surface area contributed by atoms with Crippen molar-refractivity contribution in [2.75, 3.05) is 18.0 Å². The second-order valence-electron chi connectivity index (χ2n) is 7.29. The zero-order valence-electron chi connectivity index (χ0n) is 16.1. The number of aromatic nitrogens is 5. The van der Waals surface area contributed by atoms with Crippen LogP contribution in [-0.4, -0.2) is 49.1 Å². The maximum Gasteiger partial charge on any atom is 0.283 e. The van der Waals surface area contributed by atoms with Crippen LogP contribution < -0.4 is 4.90 Å². The lowest BCUT2D eigenvalue weighted by atomic mass is 10.0. The number of fused-ring (bicyclic) bond motifs is 2. The van der Waals surface area contributed by atoms with E-state index in [1.54, 1.807) is 42.3 Å². The SMILES string of the molecule is Cc1nc2c(C#N)c(C(F)F)nn2c(N2CC(O)C2)c1-c1nncc2cc(Cl)ccc12. The fraction of sp³-hybridized carbons (Fsp3) is 0.250. The van der Waals surface area contributed by atoms with Crippen LogP contribution in [-0.2, 0) is 0 Å². The third-order valence-corrected chi connectivity index (χ3v) is 5.52. The second-order valence-corrected chi connectivity index (χ2v) is 7.72. The lowest BCUT2D eigenvalue weighted by Crippen LogP contribution is -2.52. The number of rotatable bonds is 3. The Morgan fingerprint density at radius 3 is 2.77 bits per heavy atom. The highest BCUT2D eigenvalue weighted by Gasteiger charge is 2.34. The van der Waals surface area contributed by atoms with Gasteiger partial charge in [-0.3, -0.25) is 0 Å². The van der Waals surface area contributed by atoms with Crippen LogP contribution in [0.3, 0.4) is 0 Å². The number of halogens is 3. The predicted molar refractivity (Wildman–Crippen MR) is 109 cm³/mol. The van der Waals surface area contributed by atoms with Crippen molar-refractivity contribution in [3.05, 3.63) is 46.4 Å². The number of benzene rings is 1. The highest BCUT2D eigenvalue weighted by Crippen LogP contribution is 2.39. The van der Waals surface area contributed by atoms with E-state index >= 15 is 0 Å². The Morgan fingerprint density at radius 1 is 1.32 bits per heavy atom. The van der Waals surface area contributed by atoms with Gasteiger partial charge in [0.2, 0.25) is 0 Å². The van der Waals surface area contributed by atoms with Crippen LogP contribution in [0.5, 0.6) is 0 Å². The molecule has 0 bridgehead atoms. The van der Waals surface area contributed by atoms with Crippen LogP contribution in [0.15, 0.2) is 24.4 Å². The maximum atomic E-state index is 13.6. The summed E-state index contributed by atoms with van der Waals surface area (Å²) in [6.07, 6.45) is -1.92. The summed E-state index contributed by atoms with van der Waals surface area (Å²) < 4.78 is 28.4. The fourth-order valence-electron chi connectivity index (χ4n) is 3.86. The number of nitriles is 1. The van der Waals surface area contributed by atoms with E-state index in [-0.39, 0.29) is 24.3 Å². The molecule has 1 aromatic carbocycles. The molecule has 5 rings (SSSR count). The summed E-state index contributed by atoms with van der Waals surface area (Å²) in [5, 5.41) is 33.8. The monoisotopic (exact) mass is 441 g/mol. The average Bonchev–Trinajstić information content (AvgIpc) is 3.08. The number of aryl methyl sites for hydroxylation is 1. The molecule has 4 aromatic rings. The minimum absolute atomic E-state index is 0.0340. The summed E-state index contributed by atoms with van der Waals surface area (Å²) in [5.74, 6) is 0.424. The van der Waals surface area contributed by atoms with Crippen molar-refractivity contribution in [2.24, 2.45) is 0 Å². The van der Waals surface area contributed by atoms with Gasteiger partial charge in [-0.2, -0.15) is 20.0 Å². The quantitative estimate of drug-likeness (QED) is 0.520. The first-order valence-corrected chi connectivity index (χ1v) is 9.72. The summed E-state index contributed by atoms with van der Waals surface area (Å²) in [6.45, 7) is 2.27. The van der Waals surface area contributed by atoms with Gasteiger partial charge in [0, 0.05) is 28.9 Å². The molecule has 1 aliphatic heterocycles. The number of hydrogen-bond acceptors (Lipinski definition) is 7. The van der Waals surface area contributed by atoms with Crippen LogP contribution in [0.2, 0.25) is 5.02 Å². The zero-order chi connectivity index (χ0) is 21.9. The molecule has 0 radical (unpaired) electrons. The molecule has 1 saturated heterocycles. The van der Waals surface area contributed by atoms with Crippen LogP contribution in [0.25, 0.3) is 27.7 Å². The van der Waals surface area contributed by atoms with Gasteiger partial charge in [0.15, 0.2) is 5.65 Å². The largest absolute Gasteiger partial charge is 0.389 e. The first-order chi connectivity index (χ1) is 14.9. The van der Waals surface area contributed by atoms with Crippen LogP contribution in [0, 0.1) is 18.3 Å². The molecule has 0 spiro atoms. The van der Waals surface area contributed by atoms with E-state index in [2.05, 4.69) is 20.3 Å². The Bertz CT molecular complexity index is 1390. The summed E-state index contributed by atoms with van der Waals surface area (Å²) in [5.41, 5.74) is 0.606.